The molecular weight excluding hydrogens is 450 g/mol. The maximum absolute atomic E-state index is 12.7. The molecule has 36 heavy (non-hydrogen) atoms. The molecule has 7 nitrogen and oxygen atoms in total. The van der Waals surface area contributed by atoms with Crippen molar-refractivity contribution in [1.82, 2.24) is 19.9 Å². The van der Waals surface area contributed by atoms with Gasteiger partial charge in [-0.2, -0.15) is 5.10 Å². The van der Waals surface area contributed by atoms with Gasteiger partial charge in [-0.15, -0.1) is 0 Å². The largest absolute Gasteiger partial charge is 0.494 e. The first-order valence-electron chi connectivity index (χ1n) is 12.9. The highest BCUT2D eigenvalue weighted by Gasteiger charge is 2.26. The van der Waals surface area contributed by atoms with Gasteiger partial charge in [0.2, 0.25) is 5.91 Å². The van der Waals surface area contributed by atoms with Crippen molar-refractivity contribution in [2.24, 2.45) is 5.92 Å². The number of ether oxygens (including phenoxy) is 1. The summed E-state index contributed by atoms with van der Waals surface area (Å²) >= 11 is 0. The van der Waals surface area contributed by atoms with Crippen molar-refractivity contribution >= 4 is 17.2 Å². The number of fused-ring (bicyclic) bond motifs is 1. The molecule has 1 fully saturated rings. The predicted molar refractivity (Wildman–Crippen MR) is 142 cm³/mol. The molecule has 2 aromatic carbocycles. The van der Waals surface area contributed by atoms with Gasteiger partial charge in [-0.1, -0.05) is 43.7 Å². The number of carbonyl (C=O) groups excluding carboxylic acids is 1. The Kier molecular flexibility index (Phi) is 7.45. The Morgan fingerprint density at radius 2 is 1.86 bits per heavy atom. The van der Waals surface area contributed by atoms with E-state index in [1.807, 2.05) is 53.2 Å². The number of hydrogen-bond acceptors (Lipinski definition) is 5. The third kappa shape index (κ3) is 5.51. The van der Waals surface area contributed by atoms with Gasteiger partial charge >= 0.3 is 0 Å². The Morgan fingerprint density at radius 3 is 2.61 bits per heavy atom. The molecule has 1 aliphatic rings. The minimum Gasteiger partial charge on any atom is -0.494 e. The Hall–Kier alpha value is -3.87. The molecule has 3 heterocycles. The standard InChI is InChI=1S/C29H33N5O2/c1-2-3-19-36-25-11-9-23(10-12-25)26-20-27-28(30-15-18-34(27)32-26)33-16-13-24(14-17-33)29(35)31-21-22-7-5-4-6-8-22/h4-12,15,18,20,24H,2-3,13-14,16-17,19,21H2,1H3,(H,31,35). The zero-order valence-corrected chi connectivity index (χ0v) is 20.8. The summed E-state index contributed by atoms with van der Waals surface area (Å²) in [5.41, 5.74) is 4.04. The van der Waals surface area contributed by atoms with E-state index < -0.39 is 0 Å². The van der Waals surface area contributed by atoms with Crippen LogP contribution in [-0.4, -0.2) is 40.2 Å². The van der Waals surface area contributed by atoms with Gasteiger partial charge in [0.25, 0.3) is 0 Å². The van der Waals surface area contributed by atoms with Gasteiger partial charge in [0.15, 0.2) is 5.82 Å². The zero-order chi connectivity index (χ0) is 24.7. The quantitative estimate of drug-likeness (QED) is 0.335. The number of rotatable bonds is 9. The van der Waals surface area contributed by atoms with Crippen LogP contribution in [0.25, 0.3) is 16.8 Å². The van der Waals surface area contributed by atoms with Crippen LogP contribution in [0, 0.1) is 5.92 Å². The van der Waals surface area contributed by atoms with E-state index in [-0.39, 0.29) is 11.8 Å². The fourth-order valence-electron chi connectivity index (χ4n) is 4.63. The smallest absolute Gasteiger partial charge is 0.223 e. The average molecular weight is 484 g/mol. The Labute approximate surface area is 212 Å². The molecule has 0 unspecified atom stereocenters. The number of amides is 1. The normalized spacial score (nSPS) is 14.2. The molecule has 7 heteroatoms. The molecule has 0 aliphatic carbocycles. The van der Waals surface area contributed by atoms with E-state index in [0.717, 1.165) is 79.3 Å². The Morgan fingerprint density at radius 1 is 1.08 bits per heavy atom. The molecule has 0 radical (unpaired) electrons. The first kappa shape index (κ1) is 23.9. The summed E-state index contributed by atoms with van der Waals surface area (Å²) < 4.78 is 7.68. The highest BCUT2D eigenvalue weighted by atomic mass is 16.5. The number of anilines is 1. The number of aromatic nitrogens is 3. The predicted octanol–water partition coefficient (Wildman–Crippen LogP) is 5.11. The lowest BCUT2D eigenvalue weighted by atomic mass is 9.95. The van der Waals surface area contributed by atoms with Crippen LogP contribution >= 0.6 is 0 Å². The van der Waals surface area contributed by atoms with Crippen LogP contribution in [0.1, 0.15) is 38.2 Å². The van der Waals surface area contributed by atoms with Gasteiger partial charge in [0.05, 0.1) is 12.3 Å². The first-order valence-corrected chi connectivity index (χ1v) is 12.9. The van der Waals surface area contributed by atoms with E-state index in [1.54, 1.807) is 6.20 Å². The van der Waals surface area contributed by atoms with Gasteiger partial charge in [0, 0.05) is 43.5 Å². The monoisotopic (exact) mass is 483 g/mol. The molecule has 186 valence electrons. The number of nitrogens with zero attached hydrogens (tertiary/aromatic N) is 4. The SMILES string of the molecule is CCCCOc1ccc(-c2cc3c(N4CCC(C(=O)NCc5ccccc5)CC4)nccn3n2)cc1. The fourth-order valence-corrected chi connectivity index (χ4v) is 4.63. The zero-order valence-electron chi connectivity index (χ0n) is 20.8. The van der Waals surface area contributed by atoms with Gasteiger partial charge in [0.1, 0.15) is 11.3 Å². The fraction of sp³-hybridized carbons (Fsp3) is 0.345. The van der Waals surface area contributed by atoms with Crippen molar-refractivity contribution in [2.45, 2.75) is 39.2 Å². The number of unbranched alkanes of at least 4 members (excludes halogenated alkanes) is 1. The first-order chi connectivity index (χ1) is 17.7. The lowest BCUT2D eigenvalue weighted by Gasteiger charge is -2.32. The molecule has 1 saturated heterocycles. The molecular formula is C29H33N5O2. The highest BCUT2D eigenvalue weighted by Crippen LogP contribution is 2.29. The molecule has 0 atom stereocenters. The lowest BCUT2D eigenvalue weighted by molar-refractivity contribution is -0.125. The highest BCUT2D eigenvalue weighted by molar-refractivity contribution is 5.79. The van der Waals surface area contributed by atoms with E-state index in [9.17, 15) is 4.79 Å². The molecule has 5 rings (SSSR count). The molecule has 1 aliphatic heterocycles. The van der Waals surface area contributed by atoms with E-state index >= 15 is 0 Å². The van der Waals surface area contributed by atoms with Crippen LogP contribution in [0.15, 0.2) is 73.1 Å². The molecule has 0 saturated carbocycles. The van der Waals surface area contributed by atoms with Crippen LogP contribution in [0.2, 0.25) is 0 Å². The van der Waals surface area contributed by atoms with Gasteiger partial charge < -0.3 is 15.0 Å². The molecule has 0 bridgehead atoms. The maximum atomic E-state index is 12.7. The van der Waals surface area contributed by atoms with Crippen molar-refractivity contribution in [3.63, 3.8) is 0 Å². The lowest BCUT2D eigenvalue weighted by Crippen LogP contribution is -2.40. The van der Waals surface area contributed by atoms with E-state index in [1.165, 1.54) is 0 Å². The maximum Gasteiger partial charge on any atom is 0.223 e. The number of nitrogens with one attached hydrogen (secondary N) is 1. The van der Waals surface area contributed by atoms with Crippen LogP contribution in [0.3, 0.4) is 0 Å². The number of benzene rings is 2. The van der Waals surface area contributed by atoms with Gasteiger partial charge in [-0.05, 0) is 55.2 Å². The summed E-state index contributed by atoms with van der Waals surface area (Å²) in [6.45, 7) is 5.06. The van der Waals surface area contributed by atoms with E-state index in [0.29, 0.717) is 6.54 Å². The summed E-state index contributed by atoms with van der Waals surface area (Å²) in [5.74, 6) is 1.97. The number of hydrogen-bond donors (Lipinski definition) is 1. The van der Waals surface area contributed by atoms with Crippen LogP contribution in [0.5, 0.6) is 5.75 Å². The second-order valence-corrected chi connectivity index (χ2v) is 9.30. The Bertz CT molecular complexity index is 1280. The van der Waals surface area contributed by atoms with Crippen molar-refractivity contribution in [1.29, 1.82) is 0 Å². The van der Waals surface area contributed by atoms with Crippen molar-refractivity contribution in [2.75, 3.05) is 24.6 Å². The minimum absolute atomic E-state index is 0.0308. The van der Waals surface area contributed by atoms with Crippen LogP contribution in [0.4, 0.5) is 5.82 Å². The Balaban J connectivity index is 1.23. The molecule has 4 aromatic rings. The van der Waals surface area contributed by atoms with Crippen molar-refractivity contribution < 1.29 is 9.53 Å². The van der Waals surface area contributed by atoms with E-state index in [4.69, 9.17) is 9.84 Å². The van der Waals surface area contributed by atoms with E-state index in [2.05, 4.69) is 40.3 Å². The second-order valence-electron chi connectivity index (χ2n) is 9.30. The van der Waals surface area contributed by atoms with Gasteiger partial charge in [-0.3, -0.25) is 4.79 Å². The third-order valence-electron chi connectivity index (χ3n) is 6.76. The summed E-state index contributed by atoms with van der Waals surface area (Å²) in [6.07, 6.45) is 7.47. The number of piperidine rings is 1. The molecule has 1 amide bonds. The van der Waals surface area contributed by atoms with Crippen LogP contribution in [-0.2, 0) is 11.3 Å². The molecule has 2 aromatic heterocycles. The van der Waals surface area contributed by atoms with Crippen molar-refractivity contribution in [3.8, 4) is 17.0 Å². The summed E-state index contributed by atoms with van der Waals surface area (Å²) in [6, 6.07) is 20.2. The summed E-state index contributed by atoms with van der Waals surface area (Å²) in [7, 11) is 0. The van der Waals surface area contributed by atoms with Crippen LogP contribution < -0.4 is 15.0 Å². The third-order valence-corrected chi connectivity index (χ3v) is 6.76. The average Bonchev–Trinajstić information content (AvgIpc) is 3.38. The summed E-state index contributed by atoms with van der Waals surface area (Å²) in [5, 5.41) is 7.88. The second kappa shape index (κ2) is 11.2. The van der Waals surface area contributed by atoms with Crippen molar-refractivity contribution in [3.05, 3.63) is 78.6 Å². The molecule has 0 spiro atoms. The minimum atomic E-state index is 0.0308. The molecule has 1 N–H and O–H groups in total. The van der Waals surface area contributed by atoms with Gasteiger partial charge in [-0.25, -0.2) is 9.50 Å². The summed E-state index contributed by atoms with van der Waals surface area (Å²) in [4.78, 5) is 19.7. The topological polar surface area (TPSA) is 71.8 Å². The number of carbonyl (C=O) groups is 1.